The molecule has 0 aliphatic carbocycles. The minimum atomic E-state index is -4.46. The van der Waals surface area contributed by atoms with Gasteiger partial charge in [-0.3, -0.25) is 0 Å². The van der Waals surface area contributed by atoms with Crippen molar-refractivity contribution in [3.63, 3.8) is 0 Å². The van der Waals surface area contributed by atoms with E-state index in [9.17, 15) is 9.46 Å². The van der Waals surface area contributed by atoms with E-state index in [0.717, 1.165) is 33.4 Å². The third-order valence-electron chi connectivity index (χ3n) is 3.78. The van der Waals surface area contributed by atoms with Crippen molar-refractivity contribution in [1.82, 2.24) is 0 Å². The van der Waals surface area contributed by atoms with Gasteiger partial charge < -0.3 is 13.9 Å². The Morgan fingerprint density at radius 1 is 0.870 bits per heavy atom. The molecule has 0 saturated heterocycles. The number of hydrogen-bond donors (Lipinski definition) is 0. The van der Waals surface area contributed by atoms with Gasteiger partial charge in [0.15, 0.2) is 0 Å². The summed E-state index contributed by atoms with van der Waals surface area (Å²) in [5.74, 6) is 0.766. The Kier molecular flexibility index (Phi) is 5.04. The van der Waals surface area contributed by atoms with E-state index in [4.69, 9.17) is 9.05 Å². The molecule has 2 aromatic rings. The van der Waals surface area contributed by atoms with E-state index in [1.165, 1.54) is 0 Å². The molecule has 0 bridgehead atoms. The van der Waals surface area contributed by atoms with Crippen LogP contribution in [0.5, 0.6) is 11.5 Å². The van der Waals surface area contributed by atoms with Gasteiger partial charge in [-0.15, -0.1) is 0 Å². The van der Waals surface area contributed by atoms with Gasteiger partial charge in [-0.05, 0) is 49.9 Å². The summed E-state index contributed by atoms with van der Waals surface area (Å²) in [5, 5.41) is 0. The second kappa shape index (κ2) is 6.38. The number of hydrogen-bond acceptors (Lipinski definition) is 4. The summed E-state index contributed by atoms with van der Waals surface area (Å²) >= 11 is 0. The van der Waals surface area contributed by atoms with E-state index in [1.54, 1.807) is 0 Å². The van der Waals surface area contributed by atoms with Crippen molar-refractivity contribution in [2.45, 2.75) is 34.1 Å². The third kappa shape index (κ3) is 3.67. The van der Waals surface area contributed by atoms with Crippen molar-refractivity contribution in [2.75, 3.05) is 0 Å². The van der Waals surface area contributed by atoms with Crippen molar-refractivity contribution in [3.05, 3.63) is 57.6 Å². The number of rotatable bonds is 0. The standard InChI is InChI=1S/C17H19O4P.Li/c1-10-5-12(3)16-14(7-10)9-15-8-11(2)6-13(4)17(15)21-22(18,19)20-16;/h5-8H,9H2,1-4H3,(H,18,19);/q;+1/p-1. The van der Waals surface area contributed by atoms with Gasteiger partial charge in [-0.1, -0.05) is 35.4 Å². The number of benzene rings is 2. The van der Waals surface area contributed by atoms with E-state index in [1.807, 2.05) is 52.0 Å². The van der Waals surface area contributed by atoms with Crippen LogP contribution in [0, 0.1) is 27.7 Å². The van der Waals surface area contributed by atoms with Crippen LogP contribution in [0.1, 0.15) is 33.4 Å². The molecule has 0 N–H and O–H groups in total. The molecule has 116 valence electrons. The van der Waals surface area contributed by atoms with E-state index in [-0.39, 0.29) is 18.9 Å². The SMILES string of the molecule is Cc1cc(C)c2c(c1)Cc1cc(C)cc(C)c1OP(=O)([O-])O2.[Li+]. The summed E-state index contributed by atoms with van der Waals surface area (Å²) < 4.78 is 22.7. The molecule has 6 heteroatoms. The second-order valence-electron chi connectivity index (χ2n) is 5.95. The molecule has 0 atom stereocenters. The van der Waals surface area contributed by atoms with E-state index in [2.05, 4.69) is 0 Å². The fourth-order valence-electron chi connectivity index (χ4n) is 3.06. The average Bonchev–Trinajstić information content (AvgIpc) is 2.36. The Labute approximate surface area is 148 Å². The summed E-state index contributed by atoms with van der Waals surface area (Å²) in [4.78, 5) is 12.2. The molecule has 23 heavy (non-hydrogen) atoms. The van der Waals surface area contributed by atoms with Gasteiger partial charge >= 0.3 is 26.7 Å². The Morgan fingerprint density at radius 2 is 1.26 bits per heavy atom. The number of aryl methyl sites for hydroxylation is 4. The van der Waals surface area contributed by atoms with Crippen molar-refractivity contribution in [2.24, 2.45) is 0 Å². The first kappa shape index (κ1) is 18.2. The molecule has 0 saturated carbocycles. The van der Waals surface area contributed by atoms with Crippen LogP contribution in [0.15, 0.2) is 24.3 Å². The molecule has 2 aromatic carbocycles. The predicted molar refractivity (Wildman–Crippen MR) is 83.5 cm³/mol. The molecule has 0 unspecified atom stereocenters. The van der Waals surface area contributed by atoms with E-state index < -0.39 is 7.82 Å². The fourth-order valence-corrected chi connectivity index (χ4v) is 4.06. The Hall–Kier alpha value is -1.17. The number of phosphoric acid groups is 1. The summed E-state index contributed by atoms with van der Waals surface area (Å²) in [6.45, 7) is 7.66. The van der Waals surface area contributed by atoms with Crippen molar-refractivity contribution in [3.8, 4) is 11.5 Å². The monoisotopic (exact) mass is 324 g/mol. The number of fused-ring (bicyclic) bond motifs is 2. The summed E-state index contributed by atoms with van der Waals surface area (Å²) in [7, 11) is -4.46. The molecule has 1 aliphatic heterocycles. The third-order valence-corrected chi connectivity index (χ3v) is 4.59. The Bertz CT molecular complexity index is 753. The first-order valence-corrected chi connectivity index (χ1v) is 8.62. The maximum atomic E-state index is 12.2. The van der Waals surface area contributed by atoms with Gasteiger partial charge in [0.05, 0.1) is 0 Å². The zero-order valence-electron chi connectivity index (χ0n) is 14.1. The molecule has 4 nitrogen and oxygen atoms in total. The summed E-state index contributed by atoms with van der Waals surface area (Å²) in [5.41, 5.74) is 5.47. The van der Waals surface area contributed by atoms with Crippen LogP contribution in [0.4, 0.5) is 0 Å². The molecule has 1 heterocycles. The van der Waals surface area contributed by atoms with Gasteiger partial charge in [-0.25, -0.2) is 4.57 Å². The van der Waals surface area contributed by atoms with Gasteiger partial charge in [0.25, 0.3) is 0 Å². The predicted octanol–water partition coefficient (Wildman–Crippen LogP) is 0.755. The Morgan fingerprint density at radius 3 is 1.65 bits per heavy atom. The molecule has 1 aliphatic rings. The molecule has 0 amide bonds. The van der Waals surface area contributed by atoms with Gasteiger partial charge in [0.2, 0.25) is 0 Å². The maximum absolute atomic E-state index is 12.2. The molecule has 0 aromatic heterocycles. The molecular weight excluding hydrogens is 306 g/mol. The topological polar surface area (TPSA) is 58.6 Å². The summed E-state index contributed by atoms with van der Waals surface area (Å²) in [6, 6.07) is 7.75. The van der Waals surface area contributed by atoms with Crippen LogP contribution in [0.3, 0.4) is 0 Å². The molecular formula is C17H18LiO4P. The van der Waals surface area contributed by atoms with Gasteiger partial charge in [0, 0.05) is 6.42 Å². The van der Waals surface area contributed by atoms with Gasteiger partial charge in [-0.2, -0.15) is 0 Å². The van der Waals surface area contributed by atoms with Crippen LogP contribution in [-0.2, 0) is 11.0 Å². The van der Waals surface area contributed by atoms with Crippen LogP contribution in [-0.4, -0.2) is 0 Å². The van der Waals surface area contributed by atoms with Crippen molar-refractivity contribution in [1.29, 1.82) is 0 Å². The smallest absolute Gasteiger partial charge is 0.736 e. The molecule has 0 fully saturated rings. The fraction of sp³-hybridized carbons (Fsp3) is 0.294. The van der Waals surface area contributed by atoms with Gasteiger partial charge in [0.1, 0.15) is 11.5 Å². The minimum Gasteiger partial charge on any atom is -0.736 e. The first-order chi connectivity index (χ1) is 10.2. The maximum Gasteiger partial charge on any atom is 1.00 e. The minimum absolute atomic E-state index is 0. The zero-order chi connectivity index (χ0) is 16.1. The molecule has 0 spiro atoms. The summed E-state index contributed by atoms with van der Waals surface area (Å²) in [6.07, 6.45) is 0.579. The van der Waals surface area contributed by atoms with E-state index in [0.29, 0.717) is 17.9 Å². The average molecular weight is 324 g/mol. The van der Waals surface area contributed by atoms with Crippen LogP contribution in [0.2, 0.25) is 0 Å². The zero-order valence-corrected chi connectivity index (χ0v) is 15.0. The first-order valence-electron chi connectivity index (χ1n) is 7.16. The molecule has 3 rings (SSSR count). The normalized spacial score (nSPS) is 15.0. The Balaban J connectivity index is 0.00000192. The second-order valence-corrected chi connectivity index (χ2v) is 7.21. The number of phosphoric ester groups is 1. The van der Waals surface area contributed by atoms with Crippen LogP contribution >= 0.6 is 7.82 Å². The molecule has 0 radical (unpaired) electrons. The van der Waals surface area contributed by atoms with Crippen LogP contribution in [0.25, 0.3) is 0 Å². The van der Waals surface area contributed by atoms with E-state index >= 15 is 0 Å². The largest absolute Gasteiger partial charge is 1.00 e. The van der Waals surface area contributed by atoms with Crippen molar-refractivity contribution < 1.29 is 37.4 Å². The quantitative estimate of drug-likeness (QED) is 0.530. The van der Waals surface area contributed by atoms with Crippen molar-refractivity contribution >= 4 is 7.82 Å². The van der Waals surface area contributed by atoms with Crippen LogP contribution < -0.4 is 32.8 Å².